The number of aliphatic hydroxyl groups is 1. The van der Waals surface area contributed by atoms with Crippen LogP contribution in [0.3, 0.4) is 0 Å². The van der Waals surface area contributed by atoms with Gasteiger partial charge in [0.1, 0.15) is 5.82 Å². The Morgan fingerprint density at radius 1 is 1.58 bits per heavy atom. The van der Waals surface area contributed by atoms with Crippen LogP contribution in [0.4, 0.5) is 5.82 Å². The molecule has 0 spiro atoms. The summed E-state index contributed by atoms with van der Waals surface area (Å²) in [4.78, 5) is 6.15. The van der Waals surface area contributed by atoms with Gasteiger partial charge in [0.05, 0.1) is 6.61 Å². The summed E-state index contributed by atoms with van der Waals surface area (Å²) >= 11 is 0. The van der Waals surface area contributed by atoms with E-state index in [-0.39, 0.29) is 6.61 Å². The number of pyridine rings is 1. The summed E-state index contributed by atoms with van der Waals surface area (Å²) < 4.78 is 0. The number of rotatable bonds is 3. The van der Waals surface area contributed by atoms with E-state index in [1.165, 1.54) is 0 Å². The van der Waals surface area contributed by atoms with E-state index in [0.717, 1.165) is 11.4 Å². The summed E-state index contributed by atoms with van der Waals surface area (Å²) in [5.74, 6) is 0.937. The zero-order valence-electron chi connectivity index (χ0n) is 7.49. The first-order valence-electron chi connectivity index (χ1n) is 3.99. The minimum absolute atomic E-state index is 0.159. The summed E-state index contributed by atoms with van der Waals surface area (Å²) in [6.07, 6.45) is 1.76. The average molecular weight is 166 g/mol. The number of aromatic nitrogens is 1. The van der Waals surface area contributed by atoms with E-state index in [0.29, 0.717) is 6.54 Å². The number of hydrogen-bond donors (Lipinski definition) is 1. The molecule has 1 N–H and O–H groups in total. The Morgan fingerprint density at radius 3 is 2.92 bits per heavy atom. The molecule has 1 aromatic heterocycles. The van der Waals surface area contributed by atoms with Crippen LogP contribution in [-0.2, 0) is 0 Å². The minimum Gasteiger partial charge on any atom is -0.395 e. The van der Waals surface area contributed by atoms with Crippen molar-refractivity contribution in [1.29, 1.82) is 0 Å². The summed E-state index contributed by atoms with van der Waals surface area (Å²) in [5, 5.41) is 8.72. The first-order valence-corrected chi connectivity index (χ1v) is 3.99. The van der Waals surface area contributed by atoms with E-state index in [9.17, 15) is 0 Å². The molecule has 66 valence electrons. The third-order valence-corrected chi connectivity index (χ3v) is 1.78. The molecule has 0 bridgehead atoms. The Bertz CT molecular complexity index is 250. The van der Waals surface area contributed by atoms with Crippen molar-refractivity contribution in [2.75, 3.05) is 25.1 Å². The van der Waals surface area contributed by atoms with Crippen molar-refractivity contribution < 1.29 is 5.11 Å². The predicted octanol–water partition coefficient (Wildman–Crippen LogP) is 0.819. The summed E-state index contributed by atoms with van der Waals surface area (Å²) in [6.45, 7) is 2.79. The van der Waals surface area contributed by atoms with Crippen molar-refractivity contribution >= 4 is 5.82 Å². The molecular formula is C9H14N2O. The van der Waals surface area contributed by atoms with Crippen molar-refractivity contribution in [2.24, 2.45) is 0 Å². The van der Waals surface area contributed by atoms with E-state index in [1.807, 2.05) is 31.0 Å². The van der Waals surface area contributed by atoms with Crippen molar-refractivity contribution in [3.8, 4) is 0 Å². The van der Waals surface area contributed by atoms with Crippen LogP contribution in [0.15, 0.2) is 18.3 Å². The van der Waals surface area contributed by atoms with E-state index in [2.05, 4.69) is 4.98 Å². The van der Waals surface area contributed by atoms with Gasteiger partial charge in [-0.25, -0.2) is 4.98 Å². The topological polar surface area (TPSA) is 36.4 Å². The lowest BCUT2D eigenvalue weighted by Crippen LogP contribution is -2.22. The maximum atomic E-state index is 8.72. The summed E-state index contributed by atoms with van der Waals surface area (Å²) in [5.41, 5.74) is 1.13. The maximum Gasteiger partial charge on any atom is 0.131 e. The summed E-state index contributed by atoms with van der Waals surface area (Å²) in [7, 11) is 1.92. The van der Waals surface area contributed by atoms with Gasteiger partial charge >= 0.3 is 0 Å². The lowest BCUT2D eigenvalue weighted by Gasteiger charge is -2.18. The number of hydrogen-bond acceptors (Lipinski definition) is 3. The van der Waals surface area contributed by atoms with Gasteiger partial charge < -0.3 is 10.0 Å². The number of likely N-dealkylation sites (N-methyl/N-ethyl adjacent to an activating group) is 1. The van der Waals surface area contributed by atoms with Crippen LogP contribution in [0.1, 0.15) is 5.56 Å². The molecule has 0 saturated carbocycles. The fourth-order valence-corrected chi connectivity index (χ4v) is 1.13. The third-order valence-electron chi connectivity index (χ3n) is 1.78. The third kappa shape index (κ3) is 1.95. The molecule has 0 aliphatic carbocycles. The largest absolute Gasteiger partial charge is 0.395 e. The number of nitrogens with zero attached hydrogens (tertiary/aromatic N) is 2. The Kier molecular flexibility index (Phi) is 3.05. The van der Waals surface area contributed by atoms with Crippen molar-refractivity contribution in [2.45, 2.75) is 6.92 Å². The molecule has 0 fully saturated rings. The van der Waals surface area contributed by atoms with Crippen LogP contribution in [-0.4, -0.2) is 30.3 Å². The van der Waals surface area contributed by atoms with Gasteiger partial charge in [0, 0.05) is 19.8 Å². The highest BCUT2D eigenvalue weighted by atomic mass is 16.3. The van der Waals surface area contributed by atoms with Gasteiger partial charge in [0.25, 0.3) is 0 Å². The second-order valence-corrected chi connectivity index (χ2v) is 2.79. The van der Waals surface area contributed by atoms with Gasteiger partial charge in [0.2, 0.25) is 0 Å². The quantitative estimate of drug-likeness (QED) is 0.722. The molecule has 1 heterocycles. The Labute approximate surface area is 72.7 Å². The average Bonchev–Trinajstić information content (AvgIpc) is 2.05. The molecule has 1 aromatic rings. The lowest BCUT2D eigenvalue weighted by atomic mass is 10.3. The fourth-order valence-electron chi connectivity index (χ4n) is 1.13. The molecule has 0 radical (unpaired) electrons. The molecule has 12 heavy (non-hydrogen) atoms. The zero-order chi connectivity index (χ0) is 8.97. The molecule has 0 amide bonds. The molecule has 1 rings (SSSR count). The number of aliphatic hydroxyl groups excluding tert-OH is 1. The molecule has 0 unspecified atom stereocenters. The van der Waals surface area contributed by atoms with E-state index >= 15 is 0 Å². The van der Waals surface area contributed by atoms with Crippen molar-refractivity contribution in [1.82, 2.24) is 4.98 Å². The first kappa shape index (κ1) is 9.00. The standard InChI is InChI=1S/C9H14N2O/c1-8-4-3-5-10-9(8)11(2)6-7-12/h3-5,12H,6-7H2,1-2H3. The second-order valence-electron chi connectivity index (χ2n) is 2.79. The predicted molar refractivity (Wildman–Crippen MR) is 49.3 cm³/mol. The number of anilines is 1. The zero-order valence-corrected chi connectivity index (χ0v) is 7.49. The normalized spacial score (nSPS) is 9.92. The highest BCUT2D eigenvalue weighted by molar-refractivity contribution is 5.44. The van der Waals surface area contributed by atoms with Gasteiger partial charge in [-0.2, -0.15) is 0 Å². The van der Waals surface area contributed by atoms with Crippen LogP contribution in [0.2, 0.25) is 0 Å². The van der Waals surface area contributed by atoms with Crippen molar-refractivity contribution in [3.63, 3.8) is 0 Å². The molecule has 0 saturated heterocycles. The molecule has 0 aliphatic heterocycles. The highest BCUT2D eigenvalue weighted by Gasteiger charge is 2.02. The first-order chi connectivity index (χ1) is 5.75. The molecule has 3 heteroatoms. The van der Waals surface area contributed by atoms with E-state index < -0.39 is 0 Å². The second kappa shape index (κ2) is 4.07. The minimum atomic E-state index is 0.159. The van der Waals surface area contributed by atoms with E-state index in [1.54, 1.807) is 6.20 Å². The van der Waals surface area contributed by atoms with Crippen LogP contribution in [0.25, 0.3) is 0 Å². The van der Waals surface area contributed by atoms with Crippen LogP contribution in [0.5, 0.6) is 0 Å². The van der Waals surface area contributed by atoms with Gasteiger partial charge in [-0.1, -0.05) is 6.07 Å². The highest BCUT2D eigenvalue weighted by Crippen LogP contribution is 2.12. The van der Waals surface area contributed by atoms with Gasteiger partial charge in [-0.15, -0.1) is 0 Å². The molecule has 0 aromatic carbocycles. The van der Waals surface area contributed by atoms with Crippen LogP contribution < -0.4 is 4.90 Å². The smallest absolute Gasteiger partial charge is 0.131 e. The maximum absolute atomic E-state index is 8.72. The van der Waals surface area contributed by atoms with Gasteiger partial charge in [-0.05, 0) is 18.6 Å². The van der Waals surface area contributed by atoms with Gasteiger partial charge in [0.15, 0.2) is 0 Å². The van der Waals surface area contributed by atoms with Crippen LogP contribution >= 0.6 is 0 Å². The Balaban J connectivity index is 2.79. The Morgan fingerprint density at radius 2 is 2.33 bits per heavy atom. The lowest BCUT2D eigenvalue weighted by molar-refractivity contribution is 0.304. The monoisotopic (exact) mass is 166 g/mol. The molecular weight excluding hydrogens is 152 g/mol. The Hall–Kier alpha value is -1.09. The molecule has 0 aliphatic rings. The van der Waals surface area contributed by atoms with Crippen molar-refractivity contribution in [3.05, 3.63) is 23.9 Å². The van der Waals surface area contributed by atoms with Crippen LogP contribution in [0, 0.1) is 6.92 Å². The molecule has 3 nitrogen and oxygen atoms in total. The fraction of sp³-hybridized carbons (Fsp3) is 0.444. The van der Waals surface area contributed by atoms with Gasteiger partial charge in [-0.3, -0.25) is 0 Å². The molecule has 0 atom stereocenters. The summed E-state index contributed by atoms with van der Waals surface area (Å²) in [6, 6.07) is 3.92. The SMILES string of the molecule is Cc1cccnc1N(C)CCO. The number of aryl methyl sites for hydroxylation is 1. The van der Waals surface area contributed by atoms with E-state index in [4.69, 9.17) is 5.11 Å².